The standard InChI is InChI=1S/C8H13O7P/c1-5(9)12-7-4-8(13-6(2)10)15-16(3,11)14-7/h7-8H,4H2,1-3H3. The van der Waals surface area contributed by atoms with E-state index >= 15 is 0 Å². The third-order valence-corrected chi connectivity index (χ3v) is 2.83. The van der Waals surface area contributed by atoms with Crippen LogP contribution in [0.15, 0.2) is 0 Å². The van der Waals surface area contributed by atoms with E-state index in [4.69, 9.17) is 18.5 Å². The third-order valence-electron chi connectivity index (χ3n) is 1.60. The lowest BCUT2D eigenvalue weighted by atomic mass is 10.4. The molecule has 0 saturated carbocycles. The fraction of sp³-hybridized carbons (Fsp3) is 0.750. The highest BCUT2D eigenvalue weighted by molar-refractivity contribution is 7.53. The van der Waals surface area contributed by atoms with Crippen LogP contribution in [-0.2, 0) is 32.7 Å². The van der Waals surface area contributed by atoms with Gasteiger partial charge in [-0.15, -0.1) is 0 Å². The SMILES string of the molecule is CC(=O)OC1CC(OC(C)=O)OP(C)(=O)O1. The van der Waals surface area contributed by atoms with Gasteiger partial charge in [0.2, 0.25) is 12.6 Å². The van der Waals surface area contributed by atoms with E-state index in [-0.39, 0.29) is 6.42 Å². The van der Waals surface area contributed by atoms with E-state index < -0.39 is 32.1 Å². The second-order valence-corrected chi connectivity index (χ2v) is 5.26. The Balaban J connectivity index is 2.65. The molecule has 7 nitrogen and oxygen atoms in total. The second kappa shape index (κ2) is 4.95. The first-order chi connectivity index (χ1) is 7.28. The lowest BCUT2D eigenvalue weighted by molar-refractivity contribution is -0.199. The summed E-state index contributed by atoms with van der Waals surface area (Å²) in [5.74, 6) is -1.15. The third kappa shape index (κ3) is 4.30. The molecule has 16 heavy (non-hydrogen) atoms. The van der Waals surface area contributed by atoms with Crippen LogP contribution < -0.4 is 0 Å². The fourth-order valence-electron chi connectivity index (χ4n) is 1.20. The Morgan fingerprint density at radius 2 is 1.50 bits per heavy atom. The summed E-state index contributed by atoms with van der Waals surface area (Å²) in [6, 6.07) is 0. The average molecular weight is 252 g/mol. The van der Waals surface area contributed by atoms with E-state index in [1.165, 1.54) is 20.5 Å². The monoisotopic (exact) mass is 252 g/mol. The molecule has 1 saturated heterocycles. The quantitative estimate of drug-likeness (QED) is 0.535. The molecule has 0 aromatic heterocycles. The normalized spacial score (nSPS) is 34.2. The average Bonchev–Trinajstić information content (AvgIpc) is 1.95. The van der Waals surface area contributed by atoms with Gasteiger partial charge in [-0.1, -0.05) is 0 Å². The molecule has 1 heterocycles. The van der Waals surface area contributed by atoms with Crippen molar-refractivity contribution < 1.29 is 32.7 Å². The minimum absolute atomic E-state index is 0.00299. The molecule has 1 rings (SSSR count). The molecule has 1 aliphatic heterocycles. The van der Waals surface area contributed by atoms with E-state index in [1.54, 1.807) is 0 Å². The van der Waals surface area contributed by atoms with Crippen LogP contribution in [-0.4, -0.2) is 31.2 Å². The summed E-state index contributed by atoms with van der Waals surface area (Å²) in [5.41, 5.74) is 0. The number of ether oxygens (including phenoxy) is 2. The molecule has 1 fully saturated rings. The van der Waals surface area contributed by atoms with Crippen LogP contribution in [0.3, 0.4) is 0 Å². The van der Waals surface area contributed by atoms with Gasteiger partial charge < -0.3 is 9.47 Å². The molecule has 0 radical (unpaired) electrons. The summed E-state index contributed by atoms with van der Waals surface area (Å²) in [5, 5.41) is 0. The Morgan fingerprint density at radius 1 is 1.12 bits per heavy atom. The molecule has 8 heteroatoms. The maximum atomic E-state index is 11.6. The van der Waals surface area contributed by atoms with Gasteiger partial charge in [0.1, 0.15) is 0 Å². The van der Waals surface area contributed by atoms with E-state index in [1.807, 2.05) is 0 Å². The first kappa shape index (κ1) is 13.2. The van der Waals surface area contributed by atoms with Gasteiger partial charge in [-0.25, -0.2) is 0 Å². The van der Waals surface area contributed by atoms with Crippen molar-refractivity contribution >= 4 is 19.5 Å². The van der Waals surface area contributed by atoms with Crippen molar-refractivity contribution in [2.24, 2.45) is 0 Å². The molecule has 0 aromatic carbocycles. The predicted octanol–water partition coefficient (Wildman–Crippen LogP) is 1.02. The van der Waals surface area contributed by atoms with Crippen LogP contribution in [0.4, 0.5) is 0 Å². The minimum Gasteiger partial charge on any atom is -0.435 e. The molecule has 0 aliphatic carbocycles. The molecule has 0 amide bonds. The maximum absolute atomic E-state index is 11.6. The second-order valence-electron chi connectivity index (χ2n) is 3.30. The number of carbonyl (C=O) groups excluding carboxylic acids is 2. The predicted molar refractivity (Wildman–Crippen MR) is 51.4 cm³/mol. The van der Waals surface area contributed by atoms with Crippen molar-refractivity contribution in [3.63, 3.8) is 0 Å². The molecule has 0 spiro atoms. The highest BCUT2D eigenvalue weighted by Gasteiger charge is 2.38. The lowest BCUT2D eigenvalue weighted by Crippen LogP contribution is -2.33. The lowest BCUT2D eigenvalue weighted by Gasteiger charge is -2.31. The highest BCUT2D eigenvalue weighted by Crippen LogP contribution is 2.51. The summed E-state index contributed by atoms with van der Waals surface area (Å²) in [6.07, 6.45) is -2.05. The van der Waals surface area contributed by atoms with Crippen molar-refractivity contribution in [1.29, 1.82) is 0 Å². The summed E-state index contributed by atoms with van der Waals surface area (Å²) < 4.78 is 30.8. The number of hydrogen-bond acceptors (Lipinski definition) is 7. The molecule has 92 valence electrons. The van der Waals surface area contributed by atoms with Gasteiger partial charge in [0.15, 0.2) is 0 Å². The summed E-state index contributed by atoms with van der Waals surface area (Å²) in [4.78, 5) is 21.4. The van der Waals surface area contributed by atoms with E-state index in [0.29, 0.717) is 0 Å². The first-order valence-corrected chi connectivity index (χ1v) is 6.56. The number of rotatable bonds is 2. The smallest absolute Gasteiger partial charge is 0.333 e. The molecule has 2 unspecified atom stereocenters. The molecule has 0 aromatic rings. The zero-order chi connectivity index (χ0) is 12.3. The number of carbonyl (C=O) groups is 2. The van der Waals surface area contributed by atoms with Crippen LogP contribution in [0.5, 0.6) is 0 Å². The maximum Gasteiger partial charge on any atom is 0.333 e. The highest BCUT2D eigenvalue weighted by atomic mass is 31.2. The van der Waals surface area contributed by atoms with Crippen molar-refractivity contribution in [3.05, 3.63) is 0 Å². The van der Waals surface area contributed by atoms with Crippen LogP contribution in [0.25, 0.3) is 0 Å². The molecular weight excluding hydrogens is 239 g/mol. The van der Waals surface area contributed by atoms with Gasteiger partial charge in [-0.05, 0) is 0 Å². The zero-order valence-electron chi connectivity index (χ0n) is 9.17. The zero-order valence-corrected chi connectivity index (χ0v) is 10.1. The number of hydrogen-bond donors (Lipinski definition) is 0. The van der Waals surface area contributed by atoms with Crippen LogP contribution in [0.2, 0.25) is 0 Å². The molecule has 0 bridgehead atoms. The Labute approximate surface area is 92.5 Å². The van der Waals surface area contributed by atoms with Crippen molar-refractivity contribution in [3.8, 4) is 0 Å². The van der Waals surface area contributed by atoms with Gasteiger partial charge in [0.25, 0.3) is 0 Å². The number of esters is 2. The Bertz CT molecular complexity index is 311. The summed E-state index contributed by atoms with van der Waals surface area (Å²) >= 11 is 0. The van der Waals surface area contributed by atoms with Gasteiger partial charge in [-0.2, -0.15) is 0 Å². The van der Waals surface area contributed by atoms with Crippen LogP contribution >= 0.6 is 7.60 Å². The van der Waals surface area contributed by atoms with E-state index in [2.05, 4.69) is 0 Å². The van der Waals surface area contributed by atoms with Gasteiger partial charge >= 0.3 is 19.5 Å². The topological polar surface area (TPSA) is 88.1 Å². The van der Waals surface area contributed by atoms with Crippen LogP contribution in [0, 0.1) is 0 Å². The Hall–Kier alpha value is -0.910. The van der Waals surface area contributed by atoms with Crippen molar-refractivity contribution in [2.45, 2.75) is 32.8 Å². The molecule has 1 aliphatic rings. The Morgan fingerprint density at radius 3 is 1.81 bits per heavy atom. The van der Waals surface area contributed by atoms with E-state index in [0.717, 1.165) is 0 Å². The van der Waals surface area contributed by atoms with E-state index in [9.17, 15) is 14.2 Å². The summed E-state index contributed by atoms with van der Waals surface area (Å²) in [6.45, 7) is 3.60. The van der Waals surface area contributed by atoms with Crippen molar-refractivity contribution in [1.82, 2.24) is 0 Å². The summed E-state index contributed by atoms with van der Waals surface area (Å²) in [7, 11) is -3.37. The van der Waals surface area contributed by atoms with Crippen LogP contribution in [0.1, 0.15) is 20.3 Å². The molecule has 2 atom stereocenters. The van der Waals surface area contributed by atoms with Gasteiger partial charge in [0.05, 0.1) is 6.42 Å². The van der Waals surface area contributed by atoms with Gasteiger partial charge in [0, 0.05) is 20.5 Å². The fourth-order valence-corrected chi connectivity index (χ4v) is 2.37. The largest absolute Gasteiger partial charge is 0.435 e. The minimum atomic E-state index is -3.37. The first-order valence-electron chi connectivity index (χ1n) is 4.57. The molecular formula is C8H13O7P. The Kier molecular flexibility index (Phi) is 4.07. The van der Waals surface area contributed by atoms with Crippen molar-refractivity contribution in [2.75, 3.05) is 6.66 Å². The van der Waals surface area contributed by atoms with Gasteiger partial charge in [-0.3, -0.25) is 23.2 Å². The molecule has 0 N–H and O–H groups in total.